The zero-order chi connectivity index (χ0) is 17.1. The molecule has 0 saturated carbocycles. The van der Waals surface area contributed by atoms with Gasteiger partial charge >= 0.3 is 0 Å². The lowest BCUT2D eigenvalue weighted by atomic mass is 9.76. The third-order valence-electron chi connectivity index (χ3n) is 5.27. The fourth-order valence-electron chi connectivity index (χ4n) is 3.94. The van der Waals surface area contributed by atoms with Gasteiger partial charge in [-0.25, -0.2) is 0 Å². The molecule has 1 fully saturated rings. The number of hydrogen-bond acceptors (Lipinski definition) is 2. The first kappa shape index (κ1) is 16.1. The van der Waals surface area contributed by atoms with E-state index < -0.39 is 0 Å². The van der Waals surface area contributed by atoms with Crippen LogP contribution in [0.15, 0.2) is 91.0 Å². The Balaban J connectivity index is 1.60. The maximum absolute atomic E-state index is 6.73. The molecule has 25 heavy (non-hydrogen) atoms. The summed E-state index contributed by atoms with van der Waals surface area (Å²) in [4.78, 5) is 2.52. The number of nitrogens with two attached hydrogens (primary N) is 1. The first-order chi connectivity index (χ1) is 12.3. The average Bonchev–Trinajstić information content (AvgIpc) is 2.67. The van der Waals surface area contributed by atoms with Gasteiger partial charge in [-0.3, -0.25) is 4.90 Å². The van der Waals surface area contributed by atoms with Gasteiger partial charge in [-0.05, 0) is 16.7 Å². The van der Waals surface area contributed by atoms with Crippen LogP contribution in [0.3, 0.4) is 0 Å². The molecule has 0 amide bonds. The van der Waals surface area contributed by atoms with Crippen LogP contribution in [0.4, 0.5) is 0 Å². The van der Waals surface area contributed by atoms with Gasteiger partial charge in [0.15, 0.2) is 0 Å². The summed E-state index contributed by atoms with van der Waals surface area (Å²) >= 11 is 0. The second-order valence-electron chi connectivity index (χ2n) is 6.86. The van der Waals surface area contributed by atoms with Crippen molar-refractivity contribution in [2.45, 2.75) is 24.5 Å². The fourth-order valence-corrected chi connectivity index (χ4v) is 3.94. The highest BCUT2D eigenvalue weighted by atomic mass is 15.2. The lowest BCUT2D eigenvalue weighted by Crippen LogP contribution is -2.58. The second-order valence-corrected chi connectivity index (χ2v) is 6.86. The van der Waals surface area contributed by atoms with Crippen LogP contribution in [0.5, 0.6) is 0 Å². The highest BCUT2D eigenvalue weighted by Gasteiger charge is 2.43. The molecule has 1 heterocycles. The zero-order valence-electron chi connectivity index (χ0n) is 14.3. The molecule has 0 aromatic heterocycles. The van der Waals surface area contributed by atoms with E-state index in [1.165, 1.54) is 16.7 Å². The van der Waals surface area contributed by atoms with E-state index in [1.807, 2.05) is 6.07 Å². The van der Waals surface area contributed by atoms with Gasteiger partial charge in [-0.1, -0.05) is 91.0 Å². The van der Waals surface area contributed by atoms with Crippen molar-refractivity contribution in [3.05, 3.63) is 108 Å². The van der Waals surface area contributed by atoms with Gasteiger partial charge in [-0.2, -0.15) is 0 Å². The van der Waals surface area contributed by atoms with E-state index in [0.29, 0.717) is 12.0 Å². The van der Waals surface area contributed by atoms with Crippen LogP contribution in [0.2, 0.25) is 0 Å². The molecule has 3 atom stereocenters. The van der Waals surface area contributed by atoms with Crippen molar-refractivity contribution >= 4 is 0 Å². The van der Waals surface area contributed by atoms with Crippen molar-refractivity contribution in [1.29, 1.82) is 0 Å². The minimum absolute atomic E-state index is 0.0175. The van der Waals surface area contributed by atoms with Crippen molar-refractivity contribution in [3.8, 4) is 0 Å². The number of rotatable bonds is 5. The Morgan fingerprint density at radius 2 is 1.36 bits per heavy atom. The number of nitrogens with zero attached hydrogens (tertiary/aromatic N) is 1. The van der Waals surface area contributed by atoms with Crippen molar-refractivity contribution in [2.75, 3.05) is 6.54 Å². The third kappa shape index (κ3) is 3.37. The smallest absolute Gasteiger partial charge is 0.0459 e. The summed E-state index contributed by atoms with van der Waals surface area (Å²) < 4.78 is 0. The molecular weight excluding hydrogens is 304 g/mol. The van der Waals surface area contributed by atoms with Gasteiger partial charge in [0.05, 0.1) is 0 Å². The number of likely N-dealkylation sites (tertiary alicyclic amines) is 1. The van der Waals surface area contributed by atoms with E-state index in [4.69, 9.17) is 5.73 Å². The summed E-state index contributed by atoms with van der Waals surface area (Å²) in [7, 11) is 0. The summed E-state index contributed by atoms with van der Waals surface area (Å²) in [5.74, 6) is 0.486. The van der Waals surface area contributed by atoms with Gasteiger partial charge in [0.2, 0.25) is 0 Å². The summed E-state index contributed by atoms with van der Waals surface area (Å²) in [5, 5.41) is 0. The van der Waals surface area contributed by atoms with E-state index in [9.17, 15) is 0 Å². The third-order valence-corrected chi connectivity index (χ3v) is 5.27. The van der Waals surface area contributed by atoms with Crippen molar-refractivity contribution < 1.29 is 0 Å². The Kier molecular flexibility index (Phi) is 4.64. The molecule has 2 heteroatoms. The SMILES string of the molecule is N[C@H](c1ccccc1)[C@@H]1[C@H](c2ccccc2)CN1Cc1ccccc1. The molecule has 0 unspecified atom stereocenters. The summed E-state index contributed by atoms with van der Waals surface area (Å²) in [6, 6.07) is 32.3. The normalized spacial score (nSPS) is 21.5. The molecule has 0 bridgehead atoms. The molecule has 3 aromatic rings. The molecule has 1 saturated heterocycles. The van der Waals surface area contributed by atoms with Crippen LogP contribution in [-0.2, 0) is 6.54 Å². The Hall–Kier alpha value is -2.42. The van der Waals surface area contributed by atoms with E-state index in [2.05, 4.69) is 89.8 Å². The van der Waals surface area contributed by atoms with Gasteiger partial charge in [0.25, 0.3) is 0 Å². The number of benzene rings is 3. The fraction of sp³-hybridized carbons (Fsp3) is 0.217. The Bertz CT molecular complexity index is 745. The highest BCUT2D eigenvalue weighted by Crippen LogP contribution is 2.41. The molecule has 2 N–H and O–H groups in total. The Labute approximate surface area is 149 Å². The second kappa shape index (κ2) is 7.22. The maximum atomic E-state index is 6.73. The molecule has 0 aliphatic carbocycles. The van der Waals surface area contributed by atoms with Gasteiger partial charge in [0, 0.05) is 31.1 Å². The molecule has 1 aliphatic rings. The monoisotopic (exact) mass is 328 g/mol. The minimum atomic E-state index is 0.0175. The van der Waals surface area contributed by atoms with Gasteiger partial charge < -0.3 is 5.73 Å². The van der Waals surface area contributed by atoms with Crippen molar-refractivity contribution in [3.63, 3.8) is 0 Å². The zero-order valence-corrected chi connectivity index (χ0v) is 14.3. The summed E-state index contributed by atoms with van der Waals surface area (Å²) in [6.45, 7) is 2.01. The summed E-state index contributed by atoms with van der Waals surface area (Å²) in [6.07, 6.45) is 0. The predicted octanol–water partition coefficient (Wildman–Crippen LogP) is 4.35. The first-order valence-electron chi connectivity index (χ1n) is 8.96. The lowest BCUT2D eigenvalue weighted by Gasteiger charge is -2.51. The standard InChI is InChI=1S/C23H24N2/c24-22(20-14-8-3-9-15-20)23-21(19-12-6-2-7-13-19)17-25(23)16-18-10-4-1-5-11-18/h1-15,21-23H,16-17,24H2/t21-,22+,23-/m0/s1. The Morgan fingerprint density at radius 3 is 2.00 bits per heavy atom. The van der Waals surface area contributed by atoms with Crippen LogP contribution < -0.4 is 5.73 Å². The maximum Gasteiger partial charge on any atom is 0.0459 e. The van der Waals surface area contributed by atoms with Crippen LogP contribution in [0.1, 0.15) is 28.7 Å². The summed E-state index contributed by atoms with van der Waals surface area (Å²) in [5.41, 5.74) is 10.7. The first-order valence-corrected chi connectivity index (χ1v) is 8.96. The quantitative estimate of drug-likeness (QED) is 0.754. The molecule has 4 rings (SSSR count). The largest absolute Gasteiger partial charge is 0.323 e. The van der Waals surface area contributed by atoms with Crippen molar-refractivity contribution in [2.24, 2.45) is 5.73 Å². The minimum Gasteiger partial charge on any atom is -0.323 e. The molecule has 3 aromatic carbocycles. The van der Waals surface area contributed by atoms with Gasteiger partial charge in [0.1, 0.15) is 0 Å². The predicted molar refractivity (Wildman–Crippen MR) is 103 cm³/mol. The molecule has 0 radical (unpaired) electrons. The molecule has 2 nitrogen and oxygen atoms in total. The van der Waals surface area contributed by atoms with Crippen LogP contribution in [0.25, 0.3) is 0 Å². The highest BCUT2D eigenvalue weighted by molar-refractivity contribution is 5.30. The molecule has 1 aliphatic heterocycles. The average molecular weight is 328 g/mol. The van der Waals surface area contributed by atoms with E-state index in [0.717, 1.165) is 13.1 Å². The van der Waals surface area contributed by atoms with Crippen LogP contribution in [0, 0.1) is 0 Å². The topological polar surface area (TPSA) is 29.3 Å². The lowest BCUT2D eigenvalue weighted by molar-refractivity contribution is 0.0323. The van der Waals surface area contributed by atoms with Crippen LogP contribution in [-0.4, -0.2) is 17.5 Å². The van der Waals surface area contributed by atoms with Crippen LogP contribution >= 0.6 is 0 Å². The van der Waals surface area contributed by atoms with E-state index >= 15 is 0 Å². The molecule has 126 valence electrons. The van der Waals surface area contributed by atoms with Gasteiger partial charge in [-0.15, -0.1) is 0 Å². The Morgan fingerprint density at radius 1 is 0.800 bits per heavy atom. The van der Waals surface area contributed by atoms with E-state index in [1.54, 1.807) is 0 Å². The molecular formula is C23H24N2. The van der Waals surface area contributed by atoms with Crippen molar-refractivity contribution in [1.82, 2.24) is 4.90 Å². The number of hydrogen-bond donors (Lipinski definition) is 1. The van der Waals surface area contributed by atoms with E-state index in [-0.39, 0.29) is 6.04 Å². The molecule has 0 spiro atoms.